The normalized spacial score (nSPS) is 22.8. The summed E-state index contributed by atoms with van der Waals surface area (Å²) in [7, 11) is -3.22. The zero-order valence-corrected chi connectivity index (χ0v) is 12.0. The Labute approximate surface area is 109 Å². The lowest BCUT2D eigenvalue weighted by atomic mass is 10.1. The Hall–Kier alpha value is -0.660. The van der Waals surface area contributed by atoms with Gasteiger partial charge in [-0.15, -0.1) is 0 Å². The molecule has 1 fully saturated rings. The van der Waals surface area contributed by atoms with Crippen molar-refractivity contribution in [1.29, 1.82) is 0 Å². The Morgan fingerprint density at radius 1 is 1.56 bits per heavy atom. The highest BCUT2D eigenvalue weighted by atomic mass is 32.2. The summed E-state index contributed by atoms with van der Waals surface area (Å²) in [4.78, 5) is 13.7. The van der Waals surface area contributed by atoms with Crippen LogP contribution >= 0.6 is 0 Å². The van der Waals surface area contributed by atoms with Crippen LogP contribution in [0.2, 0.25) is 0 Å². The average molecular weight is 278 g/mol. The summed E-state index contributed by atoms with van der Waals surface area (Å²) in [5, 5.41) is 0. The monoisotopic (exact) mass is 278 g/mol. The number of hydrogen-bond donors (Lipinski definition) is 1. The van der Waals surface area contributed by atoms with Crippen molar-refractivity contribution in [2.24, 2.45) is 0 Å². The molecule has 0 radical (unpaired) electrons. The maximum absolute atomic E-state index is 12.0. The molecular weight excluding hydrogens is 256 g/mol. The summed E-state index contributed by atoms with van der Waals surface area (Å²) in [5.41, 5.74) is 0. The highest BCUT2D eigenvalue weighted by Crippen LogP contribution is 2.12. The van der Waals surface area contributed by atoms with Crippen LogP contribution in [0.3, 0.4) is 0 Å². The molecule has 0 spiro atoms. The van der Waals surface area contributed by atoms with E-state index < -0.39 is 16.1 Å². The first-order valence-corrected chi connectivity index (χ1v) is 8.10. The van der Waals surface area contributed by atoms with Gasteiger partial charge in [0.1, 0.15) is 6.10 Å². The third kappa shape index (κ3) is 4.91. The van der Waals surface area contributed by atoms with Crippen LogP contribution in [0.15, 0.2) is 0 Å². The second-order valence-electron chi connectivity index (χ2n) is 4.61. The fourth-order valence-electron chi connectivity index (χ4n) is 2.15. The molecular formula is C11H22N2O4S. The van der Waals surface area contributed by atoms with Crippen LogP contribution in [0, 0.1) is 0 Å². The molecule has 1 heterocycles. The van der Waals surface area contributed by atoms with Crippen molar-refractivity contribution in [3.63, 3.8) is 0 Å². The lowest BCUT2D eigenvalue weighted by molar-refractivity contribution is -0.143. The Morgan fingerprint density at radius 2 is 2.22 bits per heavy atom. The molecule has 7 heteroatoms. The van der Waals surface area contributed by atoms with Gasteiger partial charge in [0.25, 0.3) is 5.91 Å². The van der Waals surface area contributed by atoms with Crippen LogP contribution in [0.1, 0.15) is 26.7 Å². The lowest BCUT2D eigenvalue weighted by Gasteiger charge is -2.34. The first-order valence-electron chi connectivity index (χ1n) is 6.21. The summed E-state index contributed by atoms with van der Waals surface area (Å²) in [5.74, 6) is -0.0724. The number of nitrogens with zero attached hydrogens (tertiary/aromatic N) is 1. The Kier molecular flexibility index (Phi) is 5.55. The first kappa shape index (κ1) is 15.4. The molecule has 1 aliphatic rings. The molecule has 1 aliphatic heterocycles. The number of sulfonamides is 1. The minimum absolute atomic E-state index is 0.0724. The van der Waals surface area contributed by atoms with E-state index in [1.807, 2.05) is 6.92 Å². The Morgan fingerprint density at radius 3 is 2.78 bits per heavy atom. The number of nitrogens with one attached hydrogen (secondary N) is 1. The molecule has 18 heavy (non-hydrogen) atoms. The van der Waals surface area contributed by atoms with Gasteiger partial charge in [-0.1, -0.05) is 0 Å². The Bertz CT molecular complexity index is 383. The Balaban J connectivity index is 2.55. The van der Waals surface area contributed by atoms with E-state index in [-0.39, 0.29) is 11.9 Å². The molecule has 2 atom stereocenters. The molecule has 1 saturated heterocycles. The maximum atomic E-state index is 12.0. The number of ether oxygens (including phenoxy) is 1. The molecule has 106 valence electrons. The van der Waals surface area contributed by atoms with Gasteiger partial charge in [0.05, 0.1) is 6.26 Å². The van der Waals surface area contributed by atoms with Crippen molar-refractivity contribution in [2.45, 2.75) is 38.8 Å². The van der Waals surface area contributed by atoms with Gasteiger partial charge in [0.15, 0.2) is 0 Å². The van der Waals surface area contributed by atoms with E-state index in [4.69, 9.17) is 4.74 Å². The highest BCUT2D eigenvalue weighted by molar-refractivity contribution is 7.88. The summed E-state index contributed by atoms with van der Waals surface area (Å²) in [6.45, 7) is 5.14. The topological polar surface area (TPSA) is 75.7 Å². The number of hydrogen-bond acceptors (Lipinski definition) is 4. The molecule has 0 unspecified atom stereocenters. The van der Waals surface area contributed by atoms with E-state index in [1.165, 1.54) is 0 Å². The fourth-order valence-corrected chi connectivity index (χ4v) is 2.95. The number of piperidine rings is 1. The van der Waals surface area contributed by atoms with Gasteiger partial charge in [-0.05, 0) is 26.7 Å². The molecule has 1 N–H and O–H groups in total. The van der Waals surface area contributed by atoms with Crippen LogP contribution in [-0.2, 0) is 19.6 Å². The van der Waals surface area contributed by atoms with E-state index in [2.05, 4.69) is 4.72 Å². The van der Waals surface area contributed by atoms with Gasteiger partial charge < -0.3 is 9.64 Å². The predicted molar refractivity (Wildman–Crippen MR) is 68.7 cm³/mol. The van der Waals surface area contributed by atoms with Crippen molar-refractivity contribution in [1.82, 2.24) is 9.62 Å². The zero-order valence-electron chi connectivity index (χ0n) is 11.2. The number of likely N-dealkylation sites (tertiary alicyclic amines) is 1. The van der Waals surface area contributed by atoms with Crippen LogP contribution in [0.25, 0.3) is 0 Å². The summed E-state index contributed by atoms with van der Waals surface area (Å²) < 4.78 is 30.2. The number of rotatable bonds is 5. The second-order valence-corrected chi connectivity index (χ2v) is 6.39. The van der Waals surface area contributed by atoms with E-state index in [1.54, 1.807) is 11.8 Å². The van der Waals surface area contributed by atoms with Gasteiger partial charge in [-0.25, -0.2) is 13.1 Å². The van der Waals surface area contributed by atoms with E-state index in [0.29, 0.717) is 19.7 Å². The third-order valence-electron chi connectivity index (χ3n) is 2.88. The molecule has 0 saturated carbocycles. The minimum atomic E-state index is -3.22. The fraction of sp³-hybridized carbons (Fsp3) is 0.909. The van der Waals surface area contributed by atoms with Crippen LogP contribution in [-0.4, -0.2) is 57.3 Å². The van der Waals surface area contributed by atoms with Crippen LogP contribution < -0.4 is 4.72 Å². The molecule has 1 rings (SSSR count). The van der Waals surface area contributed by atoms with Crippen LogP contribution in [0.5, 0.6) is 0 Å². The van der Waals surface area contributed by atoms with E-state index in [0.717, 1.165) is 19.1 Å². The van der Waals surface area contributed by atoms with Gasteiger partial charge in [0, 0.05) is 25.7 Å². The standard InChI is InChI=1S/C11H22N2O4S/c1-4-17-9(2)11(14)13-7-5-6-10(8-13)12-18(3,15)16/h9-10,12H,4-8H2,1-3H3/t9-,10+/m1/s1. The van der Waals surface area contributed by atoms with Crippen molar-refractivity contribution < 1.29 is 17.9 Å². The van der Waals surface area contributed by atoms with Crippen molar-refractivity contribution >= 4 is 15.9 Å². The molecule has 0 aromatic carbocycles. The van der Waals surface area contributed by atoms with E-state index >= 15 is 0 Å². The molecule has 0 aliphatic carbocycles. The largest absolute Gasteiger partial charge is 0.369 e. The lowest BCUT2D eigenvalue weighted by Crippen LogP contribution is -2.51. The predicted octanol–water partition coefficient (Wildman–Crippen LogP) is -0.0484. The second kappa shape index (κ2) is 6.49. The van der Waals surface area contributed by atoms with Gasteiger partial charge in [-0.2, -0.15) is 0 Å². The highest BCUT2D eigenvalue weighted by Gasteiger charge is 2.28. The molecule has 0 bridgehead atoms. The smallest absolute Gasteiger partial charge is 0.251 e. The van der Waals surface area contributed by atoms with Gasteiger partial charge in [0.2, 0.25) is 10.0 Å². The minimum Gasteiger partial charge on any atom is -0.369 e. The number of amides is 1. The quantitative estimate of drug-likeness (QED) is 0.765. The molecule has 0 aromatic rings. The summed E-state index contributed by atoms with van der Waals surface area (Å²) in [6, 6.07) is -0.188. The zero-order chi connectivity index (χ0) is 13.8. The molecule has 1 amide bonds. The van der Waals surface area contributed by atoms with Gasteiger partial charge >= 0.3 is 0 Å². The number of carbonyl (C=O) groups excluding carboxylic acids is 1. The van der Waals surface area contributed by atoms with Crippen molar-refractivity contribution in [2.75, 3.05) is 26.0 Å². The van der Waals surface area contributed by atoms with Crippen molar-refractivity contribution in [3.05, 3.63) is 0 Å². The van der Waals surface area contributed by atoms with Gasteiger partial charge in [-0.3, -0.25) is 4.79 Å². The summed E-state index contributed by atoms with van der Waals surface area (Å²) in [6.07, 6.45) is 2.24. The molecule has 6 nitrogen and oxygen atoms in total. The van der Waals surface area contributed by atoms with Crippen molar-refractivity contribution in [3.8, 4) is 0 Å². The summed E-state index contributed by atoms with van der Waals surface area (Å²) >= 11 is 0. The SMILES string of the molecule is CCO[C@H](C)C(=O)N1CCC[C@H](NS(C)(=O)=O)C1. The number of carbonyl (C=O) groups is 1. The molecule has 0 aromatic heterocycles. The van der Waals surface area contributed by atoms with E-state index in [9.17, 15) is 13.2 Å². The first-order chi connectivity index (χ1) is 8.33. The van der Waals surface area contributed by atoms with Crippen LogP contribution in [0.4, 0.5) is 0 Å². The maximum Gasteiger partial charge on any atom is 0.251 e. The third-order valence-corrected chi connectivity index (χ3v) is 3.64. The average Bonchev–Trinajstić information content (AvgIpc) is 2.26.